The molecule has 1 aromatic heterocycles. The third-order valence-corrected chi connectivity index (χ3v) is 4.06. The molecule has 23 heavy (non-hydrogen) atoms. The van der Waals surface area contributed by atoms with Gasteiger partial charge in [-0.05, 0) is 31.0 Å². The summed E-state index contributed by atoms with van der Waals surface area (Å²) in [5, 5.41) is 10.5. The molecule has 6 heteroatoms. The van der Waals surface area contributed by atoms with Crippen LogP contribution in [-0.2, 0) is 4.79 Å². The Balaban J connectivity index is 1.69. The number of benzene rings is 1. The van der Waals surface area contributed by atoms with E-state index >= 15 is 0 Å². The van der Waals surface area contributed by atoms with Gasteiger partial charge in [-0.25, -0.2) is 0 Å². The number of ether oxygens (including phenoxy) is 1. The molecule has 0 unspecified atom stereocenters. The number of anilines is 1. The molecule has 6 nitrogen and oxygen atoms in total. The van der Waals surface area contributed by atoms with Crippen LogP contribution in [0.1, 0.15) is 32.1 Å². The maximum atomic E-state index is 12.5. The lowest BCUT2D eigenvalue weighted by Gasteiger charge is -2.31. The number of aromatic nitrogens is 2. The predicted octanol–water partition coefficient (Wildman–Crippen LogP) is 2.87. The van der Waals surface area contributed by atoms with Crippen LogP contribution in [0.3, 0.4) is 0 Å². The third-order valence-electron chi connectivity index (χ3n) is 4.06. The topological polar surface area (TPSA) is 90.1 Å². The largest absolute Gasteiger partial charge is 0.437 e. The zero-order valence-corrected chi connectivity index (χ0v) is 12.9. The number of carbonyl (C=O) groups is 1. The number of hydrogen-bond acceptors (Lipinski definition) is 5. The molecule has 2 aromatic rings. The van der Waals surface area contributed by atoms with Crippen molar-refractivity contribution in [3.05, 3.63) is 42.6 Å². The van der Waals surface area contributed by atoms with E-state index < -0.39 is 5.54 Å². The van der Waals surface area contributed by atoms with Crippen molar-refractivity contribution in [3.8, 4) is 11.6 Å². The summed E-state index contributed by atoms with van der Waals surface area (Å²) in [6.07, 6.45) is 6.19. The van der Waals surface area contributed by atoms with E-state index in [9.17, 15) is 4.79 Å². The van der Waals surface area contributed by atoms with Crippen molar-refractivity contribution in [2.45, 2.75) is 37.6 Å². The second kappa shape index (κ2) is 6.75. The average molecular weight is 312 g/mol. The molecule has 0 saturated heterocycles. The van der Waals surface area contributed by atoms with Crippen molar-refractivity contribution < 1.29 is 9.53 Å². The number of carbonyl (C=O) groups excluding carboxylic acids is 1. The standard InChI is InChI=1S/C17H20N4O2/c18-17(9-2-1-3-10-17)16(22)20-13-6-4-7-14(12-13)23-15-8-5-11-19-21-15/h4-8,11-12H,1-3,9-10,18H2,(H,20,22). The number of nitrogens with one attached hydrogen (secondary N) is 1. The number of nitrogens with two attached hydrogens (primary N) is 1. The lowest BCUT2D eigenvalue weighted by atomic mass is 9.82. The molecular formula is C17H20N4O2. The molecule has 0 atom stereocenters. The molecule has 1 amide bonds. The zero-order chi connectivity index (χ0) is 16.1. The maximum absolute atomic E-state index is 12.5. The van der Waals surface area contributed by atoms with Gasteiger partial charge in [0.2, 0.25) is 11.8 Å². The second-order valence-corrected chi connectivity index (χ2v) is 5.86. The summed E-state index contributed by atoms with van der Waals surface area (Å²) in [4.78, 5) is 12.5. The minimum absolute atomic E-state index is 0.131. The first-order chi connectivity index (χ1) is 11.2. The summed E-state index contributed by atoms with van der Waals surface area (Å²) in [7, 11) is 0. The lowest BCUT2D eigenvalue weighted by Crippen LogP contribution is -2.52. The van der Waals surface area contributed by atoms with Crippen LogP contribution in [-0.4, -0.2) is 21.6 Å². The fraction of sp³-hybridized carbons (Fsp3) is 0.353. The van der Waals surface area contributed by atoms with Gasteiger partial charge in [0.1, 0.15) is 5.75 Å². The van der Waals surface area contributed by atoms with E-state index in [1.54, 1.807) is 30.5 Å². The average Bonchev–Trinajstić information content (AvgIpc) is 2.57. The van der Waals surface area contributed by atoms with Crippen molar-refractivity contribution in [1.29, 1.82) is 0 Å². The minimum Gasteiger partial charge on any atom is -0.437 e. The summed E-state index contributed by atoms with van der Waals surface area (Å²) in [5.41, 5.74) is 6.15. The number of nitrogens with zero attached hydrogens (tertiary/aromatic N) is 2. The Labute approximate surface area is 135 Å². The molecule has 3 N–H and O–H groups in total. The van der Waals surface area contributed by atoms with Crippen LogP contribution in [0.5, 0.6) is 11.6 Å². The molecule has 1 aliphatic carbocycles. The van der Waals surface area contributed by atoms with E-state index in [0.717, 1.165) is 32.1 Å². The molecule has 0 aliphatic heterocycles. The Bertz CT molecular complexity index is 669. The van der Waals surface area contributed by atoms with Gasteiger partial charge in [-0.1, -0.05) is 25.3 Å². The predicted molar refractivity (Wildman–Crippen MR) is 87.2 cm³/mol. The Hall–Kier alpha value is -2.47. The van der Waals surface area contributed by atoms with Crippen molar-refractivity contribution in [2.24, 2.45) is 5.73 Å². The monoisotopic (exact) mass is 312 g/mol. The van der Waals surface area contributed by atoms with Gasteiger partial charge in [-0.3, -0.25) is 4.79 Å². The third kappa shape index (κ3) is 3.84. The highest BCUT2D eigenvalue weighted by atomic mass is 16.5. The molecule has 3 rings (SSSR count). The highest BCUT2D eigenvalue weighted by molar-refractivity contribution is 5.98. The smallest absolute Gasteiger partial charge is 0.244 e. The molecule has 1 saturated carbocycles. The van der Waals surface area contributed by atoms with Gasteiger partial charge in [-0.15, -0.1) is 5.10 Å². The fourth-order valence-corrected chi connectivity index (χ4v) is 2.77. The molecule has 0 spiro atoms. The summed E-state index contributed by atoms with van der Waals surface area (Å²) in [6.45, 7) is 0. The van der Waals surface area contributed by atoms with Gasteiger partial charge in [0, 0.05) is 24.0 Å². The molecule has 0 bridgehead atoms. The highest BCUT2D eigenvalue weighted by Gasteiger charge is 2.35. The number of amides is 1. The van der Waals surface area contributed by atoms with E-state index in [4.69, 9.17) is 10.5 Å². The molecule has 1 aliphatic rings. The van der Waals surface area contributed by atoms with Crippen LogP contribution >= 0.6 is 0 Å². The molecule has 120 valence electrons. The first-order valence-corrected chi connectivity index (χ1v) is 7.82. The number of hydrogen-bond donors (Lipinski definition) is 2. The summed E-state index contributed by atoms with van der Waals surface area (Å²) in [6, 6.07) is 10.6. The zero-order valence-electron chi connectivity index (χ0n) is 12.9. The molecule has 1 heterocycles. The van der Waals surface area contributed by atoms with Gasteiger partial charge in [0.05, 0.1) is 5.54 Å². The van der Waals surface area contributed by atoms with Crippen molar-refractivity contribution in [3.63, 3.8) is 0 Å². The molecule has 0 radical (unpaired) electrons. The van der Waals surface area contributed by atoms with Gasteiger partial charge in [-0.2, -0.15) is 5.10 Å². The van der Waals surface area contributed by atoms with Crippen LogP contribution in [0.4, 0.5) is 5.69 Å². The molecular weight excluding hydrogens is 292 g/mol. The summed E-state index contributed by atoms with van der Waals surface area (Å²) >= 11 is 0. The van der Waals surface area contributed by atoms with Crippen molar-refractivity contribution in [1.82, 2.24) is 10.2 Å². The highest BCUT2D eigenvalue weighted by Crippen LogP contribution is 2.28. The summed E-state index contributed by atoms with van der Waals surface area (Å²) in [5.74, 6) is 0.852. The minimum atomic E-state index is -0.764. The Morgan fingerprint density at radius 1 is 1.17 bits per heavy atom. The van der Waals surface area contributed by atoms with E-state index in [-0.39, 0.29) is 5.91 Å². The van der Waals surface area contributed by atoms with E-state index in [2.05, 4.69) is 15.5 Å². The second-order valence-electron chi connectivity index (χ2n) is 5.86. The van der Waals surface area contributed by atoms with Crippen LogP contribution in [0.15, 0.2) is 42.6 Å². The molecule has 1 fully saturated rings. The van der Waals surface area contributed by atoms with Gasteiger partial charge in [0.25, 0.3) is 0 Å². The van der Waals surface area contributed by atoms with Crippen LogP contribution in [0, 0.1) is 0 Å². The van der Waals surface area contributed by atoms with Gasteiger partial charge < -0.3 is 15.8 Å². The van der Waals surface area contributed by atoms with Crippen molar-refractivity contribution >= 4 is 11.6 Å². The first-order valence-electron chi connectivity index (χ1n) is 7.82. The molecule has 1 aromatic carbocycles. The van der Waals surface area contributed by atoms with Crippen LogP contribution < -0.4 is 15.8 Å². The fourth-order valence-electron chi connectivity index (χ4n) is 2.77. The quantitative estimate of drug-likeness (QED) is 0.906. The van der Waals surface area contributed by atoms with E-state index in [1.807, 2.05) is 12.1 Å². The van der Waals surface area contributed by atoms with Crippen LogP contribution in [0.25, 0.3) is 0 Å². The Morgan fingerprint density at radius 3 is 2.74 bits per heavy atom. The Kier molecular flexibility index (Phi) is 4.52. The van der Waals surface area contributed by atoms with Gasteiger partial charge >= 0.3 is 0 Å². The van der Waals surface area contributed by atoms with E-state index in [1.165, 1.54) is 0 Å². The van der Waals surface area contributed by atoms with E-state index in [0.29, 0.717) is 17.3 Å². The number of rotatable bonds is 4. The van der Waals surface area contributed by atoms with Crippen LogP contribution in [0.2, 0.25) is 0 Å². The lowest BCUT2D eigenvalue weighted by molar-refractivity contribution is -0.122. The van der Waals surface area contributed by atoms with Crippen molar-refractivity contribution in [2.75, 3.05) is 5.32 Å². The normalized spacial score (nSPS) is 16.6. The van der Waals surface area contributed by atoms with Gasteiger partial charge in [0.15, 0.2) is 0 Å². The first kappa shape index (κ1) is 15.4. The Morgan fingerprint density at radius 2 is 2.00 bits per heavy atom. The maximum Gasteiger partial charge on any atom is 0.244 e. The summed E-state index contributed by atoms with van der Waals surface area (Å²) < 4.78 is 5.62. The SMILES string of the molecule is NC1(C(=O)Nc2cccc(Oc3cccnn3)c2)CCCCC1.